The van der Waals surface area contributed by atoms with Gasteiger partial charge in [-0.25, -0.2) is 0 Å². The predicted molar refractivity (Wildman–Crippen MR) is 72.4 cm³/mol. The van der Waals surface area contributed by atoms with Crippen LogP contribution >= 0.6 is 0 Å². The molecule has 2 rings (SSSR count). The minimum Gasteiger partial charge on any atom is -0.466 e. The van der Waals surface area contributed by atoms with Crippen LogP contribution in [0.25, 0.3) is 0 Å². The predicted octanol–water partition coefficient (Wildman–Crippen LogP) is 2.22. The second-order valence-electron chi connectivity index (χ2n) is 5.77. The van der Waals surface area contributed by atoms with Crippen LogP contribution in [0.4, 0.5) is 0 Å². The third kappa shape index (κ3) is 3.95. The third-order valence-electron chi connectivity index (χ3n) is 3.99. The largest absolute Gasteiger partial charge is 0.466 e. The highest BCUT2D eigenvalue weighted by Gasteiger charge is 2.46. The van der Waals surface area contributed by atoms with Gasteiger partial charge in [0, 0.05) is 19.0 Å². The lowest BCUT2D eigenvalue weighted by atomic mass is 10.2. The van der Waals surface area contributed by atoms with Crippen molar-refractivity contribution in [3.05, 3.63) is 0 Å². The maximum Gasteiger partial charge on any atom is 0.309 e. The van der Waals surface area contributed by atoms with Gasteiger partial charge >= 0.3 is 5.97 Å². The van der Waals surface area contributed by atoms with Gasteiger partial charge in [-0.1, -0.05) is 13.3 Å². The number of carbonyl (C=O) groups excluding carboxylic acids is 2. The SMILES string of the molecule is CCCCN(CC1CC1C(=O)OCC)C(=O)C1CC1. The summed E-state index contributed by atoms with van der Waals surface area (Å²) in [7, 11) is 0. The summed E-state index contributed by atoms with van der Waals surface area (Å²) >= 11 is 0. The molecule has 1 amide bonds. The molecule has 0 spiro atoms. The van der Waals surface area contributed by atoms with Crippen molar-refractivity contribution in [2.24, 2.45) is 17.8 Å². The average Bonchev–Trinajstić information content (AvgIpc) is 3.27. The number of carbonyl (C=O) groups is 2. The molecule has 4 heteroatoms. The van der Waals surface area contributed by atoms with Gasteiger partial charge in [-0.3, -0.25) is 9.59 Å². The van der Waals surface area contributed by atoms with E-state index in [-0.39, 0.29) is 17.8 Å². The number of ether oxygens (including phenoxy) is 1. The van der Waals surface area contributed by atoms with Crippen molar-refractivity contribution in [2.75, 3.05) is 19.7 Å². The average molecular weight is 267 g/mol. The maximum atomic E-state index is 12.2. The highest BCUT2D eigenvalue weighted by molar-refractivity contribution is 5.81. The Kier molecular flexibility index (Phi) is 4.83. The van der Waals surface area contributed by atoms with E-state index in [1.165, 1.54) is 0 Å². The van der Waals surface area contributed by atoms with Crippen LogP contribution in [0.1, 0.15) is 46.0 Å². The molecule has 2 fully saturated rings. The van der Waals surface area contributed by atoms with Gasteiger partial charge in [-0.2, -0.15) is 0 Å². The first-order chi connectivity index (χ1) is 9.17. The molecule has 0 saturated heterocycles. The zero-order valence-electron chi connectivity index (χ0n) is 12.1. The van der Waals surface area contributed by atoms with E-state index >= 15 is 0 Å². The van der Waals surface area contributed by atoms with Crippen molar-refractivity contribution in [3.63, 3.8) is 0 Å². The molecule has 0 aliphatic heterocycles. The summed E-state index contributed by atoms with van der Waals surface area (Å²) in [6, 6.07) is 0. The molecule has 2 aliphatic rings. The van der Waals surface area contributed by atoms with Crippen molar-refractivity contribution in [1.29, 1.82) is 0 Å². The fourth-order valence-corrected chi connectivity index (χ4v) is 2.50. The van der Waals surface area contributed by atoms with E-state index in [0.717, 1.165) is 45.2 Å². The van der Waals surface area contributed by atoms with Gasteiger partial charge in [0.05, 0.1) is 12.5 Å². The van der Waals surface area contributed by atoms with Crippen LogP contribution in [0.3, 0.4) is 0 Å². The first kappa shape index (κ1) is 14.4. The van der Waals surface area contributed by atoms with Crippen LogP contribution in [-0.2, 0) is 14.3 Å². The summed E-state index contributed by atoms with van der Waals surface area (Å²) in [5.41, 5.74) is 0. The standard InChI is InChI=1S/C15H25NO3/c1-3-5-8-16(14(17)11-6-7-11)10-12-9-13(12)15(18)19-4-2/h11-13H,3-10H2,1-2H3. The Morgan fingerprint density at radius 2 is 2.00 bits per heavy atom. The Morgan fingerprint density at radius 1 is 1.26 bits per heavy atom. The van der Waals surface area contributed by atoms with Gasteiger partial charge in [0.15, 0.2) is 0 Å². The Labute approximate surface area is 115 Å². The van der Waals surface area contributed by atoms with Gasteiger partial charge in [0.2, 0.25) is 5.91 Å². The molecule has 0 N–H and O–H groups in total. The Bertz CT molecular complexity index is 338. The molecule has 0 bridgehead atoms. The third-order valence-corrected chi connectivity index (χ3v) is 3.99. The Hall–Kier alpha value is -1.06. The van der Waals surface area contributed by atoms with Gasteiger partial charge < -0.3 is 9.64 Å². The normalized spacial score (nSPS) is 24.9. The highest BCUT2D eigenvalue weighted by atomic mass is 16.5. The van der Waals surface area contributed by atoms with Crippen LogP contribution in [0, 0.1) is 17.8 Å². The van der Waals surface area contributed by atoms with Gasteiger partial charge in [0.1, 0.15) is 0 Å². The van der Waals surface area contributed by atoms with Crippen LogP contribution in [-0.4, -0.2) is 36.5 Å². The van der Waals surface area contributed by atoms with E-state index in [4.69, 9.17) is 4.74 Å². The molecular formula is C15H25NO3. The quantitative estimate of drug-likeness (QED) is 0.634. The molecule has 2 unspecified atom stereocenters. The van der Waals surface area contributed by atoms with Gasteiger partial charge in [0.25, 0.3) is 0 Å². The van der Waals surface area contributed by atoms with Crippen molar-refractivity contribution in [3.8, 4) is 0 Å². The number of rotatable bonds is 8. The monoisotopic (exact) mass is 267 g/mol. The Balaban J connectivity index is 1.80. The molecule has 4 nitrogen and oxygen atoms in total. The number of hydrogen-bond donors (Lipinski definition) is 0. The summed E-state index contributed by atoms with van der Waals surface area (Å²) in [6.07, 6.45) is 5.13. The summed E-state index contributed by atoms with van der Waals surface area (Å²) in [5, 5.41) is 0. The lowest BCUT2D eigenvalue weighted by Gasteiger charge is -2.22. The number of esters is 1. The molecule has 0 aromatic heterocycles. The second-order valence-corrected chi connectivity index (χ2v) is 5.77. The summed E-state index contributed by atoms with van der Waals surface area (Å²) in [4.78, 5) is 25.8. The van der Waals surface area contributed by atoms with E-state index in [1.807, 2.05) is 11.8 Å². The highest BCUT2D eigenvalue weighted by Crippen LogP contribution is 2.41. The van der Waals surface area contributed by atoms with Crippen molar-refractivity contribution in [2.45, 2.75) is 46.0 Å². The Morgan fingerprint density at radius 3 is 2.58 bits per heavy atom. The molecule has 0 aromatic rings. The summed E-state index contributed by atoms with van der Waals surface area (Å²) < 4.78 is 5.04. The van der Waals surface area contributed by atoms with E-state index in [2.05, 4.69) is 6.92 Å². The fourth-order valence-electron chi connectivity index (χ4n) is 2.50. The number of hydrogen-bond acceptors (Lipinski definition) is 3. The van der Waals surface area contributed by atoms with Crippen LogP contribution in [0.5, 0.6) is 0 Å². The number of nitrogens with zero attached hydrogens (tertiary/aromatic N) is 1. The molecule has 19 heavy (non-hydrogen) atoms. The molecule has 2 atom stereocenters. The summed E-state index contributed by atoms with van der Waals surface area (Å²) in [5.74, 6) is 0.871. The summed E-state index contributed by atoms with van der Waals surface area (Å²) in [6.45, 7) is 6.01. The van der Waals surface area contributed by atoms with E-state index in [1.54, 1.807) is 0 Å². The van der Waals surface area contributed by atoms with E-state index < -0.39 is 0 Å². The van der Waals surface area contributed by atoms with Gasteiger partial charge in [-0.05, 0) is 38.5 Å². The number of unbranched alkanes of at least 4 members (excludes halogenated alkanes) is 1. The van der Waals surface area contributed by atoms with Crippen LogP contribution < -0.4 is 0 Å². The van der Waals surface area contributed by atoms with Crippen molar-refractivity contribution in [1.82, 2.24) is 4.90 Å². The van der Waals surface area contributed by atoms with Crippen LogP contribution in [0.2, 0.25) is 0 Å². The zero-order chi connectivity index (χ0) is 13.8. The molecular weight excluding hydrogens is 242 g/mol. The van der Waals surface area contributed by atoms with Crippen molar-refractivity contribution >= 4 is 11.9 Å². The van der Waals surface area contributed by atoms with Gasteiger partial charge in [-0.15, -0.1) is 0 Å². The van der Waals surface area contributed by atoms with E-state index in [0.29, 0.717) is 18.4 Å². The number of amides is 1. The molecule has 0 aromatic carbocycles. The molecule has 108 valence electrons. The smallest absolute Gasteiger partial charge is 0.309 e. The van der Waals surface area contributed by atoms with Crippen molar-refractivity contribution < 1.29 is 14.3 Å². The minimum absolute atomic E-state index is 0.0380. The molecule has 2 aliphatic carbocycles. The lowest BCUT2D eigenvalue weighted by Crippen LogP contribution is -2.35. The zero-order valence-corrected chi connectivity index (χ0v) is 12.1. The first-order valence-corrected chi connectivity index (χ1v) is 7.62. The molecule has 0 radical (unpaired) electrons. The molecule has 0 heterocycles. The first-order valence-electron chi connectivity index (χ1n) is 7.62. The lowest BCUT2D eigenvalue weighted by molar-refractivity contribution is -0.145. The van der Waals surface area contributed by atoms with E-state index in [9.17, 15) is 9.59 Å². The second kappa shape index (κ2) is 6.40. The minimum atomic E-state index is -0.0817. The molecule has 2 saturated carbocycles. The van der Waals surface area contributed by atoms with Crippen LogP contribution in [0.15, 0.2) is 0 Å². The topological polar surface area (TPSA) is 46.6 Å². The fraction of sp³-hybridized carbons (Fsp3) is 0.867. The maximum absolute atomic E-state index is 12.2.